The highest BCUT2D eigenvalue weighted by atomic mass is 16.5. The lowest BCUT2D eigenvalue weighted by Gasteiger charge is -2.42. The second-order valence-corrected chi connectivity index (χ2v) is 7.45. The van der Waals surface area contributed by atoms with Crippen LogP contribution in [0.25, 0.3) is 10.4 Å². The fourth-order valence-electron chi connectivity index (χ4n) is 3.95. The van der Waals surface area contributed by atoms with Crippen LogP contribution in [0, 0.1) is 16.7 Å². The molecule has 0 aromatic rings. The summed E-state index contributed by atoms with van der Waals surface area (Å²) in [5, 5.41) is 3.54. The van der Waals surface area contributed by atoms with E-state index in [4.69, 9.17) is 10.3 Å². The second kappa shape index (κ2) is 4.14. The first-order valence-corrected chi connectivity index (χ1v) is 6.91. The molecule has 0 saturated heterocycles. The number of esters is 1. The second-order valence-electron chi connectivity index (χ2n) is 7.45. The predicted octanol–water partition coefficient (Wildman–Crippen LogP) is 3.83. The van der Waals surface area contributed by atoms with Gasteiger partial charge in [-0.1, -0.05) is 25.9 Å². The van der Waals surface area contributed by atoms with Gasteiger partial charge in [0.05, 0.1) is 0 Å². The van der Waals surface area contributed by atoms with Gasteiger partial charge in [-0.15, -0.1) is 0 Å². The zero-order valence-electron chi connectivity index (χ0n) is 12.4. The zero-order valence-corrected chi connectivity index (χ0v) is 12.4. The van der Waals surface area contributed by atoms with E-state index in [0.29, 0.717) is 5.92 Å². The molecule has 5 nitrogen and oxygen atoms in total. The van der Waals surface area contributed by atoms with E-state index < -0.39 is 11.5 Å². The van der Waals surface area contributed by atoms with Crippen molar-refractivity contribution in [1.82, 2.24) is 0 Å². The fraction of sp³-hybridized carbons (Fsp3) is 0.929. The van der Waals surface area contributed by atoms with E-state index in [9.17, 15) is 4.79 Å². The molecule has 5 heteroatoms. The van der Waals surface area contributed by atoms with Crippen LogP contribution >= 0.6 is 0 Å². The average Bonchev–Trinajstić information content (AvgIpc) is 2.75. The molecule has 2 saturated carbocycles. The van der Waals surface area contributed by atoms with Gasteiger partial charge in [0.2, 0.25) is 0 Å². The Balaban J connectivity index is 2.20. The molecule has 0 aliphatic heterocycles. The Labute approximate surface area is 114 Å². The number of rotatable bonds is 3. The number of hydrogen-bond acceptors (Lipinski definition) is 3. The van der Waals surface area contributed by atoms with E-state index in [-0.39, 0.29) is 16.9 Å². The molecule has 0 spiro atoms. The topological polar surface area (TPSA) is 75.1 Å². The van der Waals surface area contributed by atoms with Gasteiger partial charge in [0.15, 0.2) is 0 Å². The Bertz CT molecular complexity index is 447. The summed E-state index contributed by atoms with van der Waals surface area (Å²) in [7, 11) is 0. The van der Waals surface area contributed by atoms with Crippen molar-refractivity contribution in [3.8, 4) is 0 Å². The first-order chi connectivity index (χ1) is 8.63. The summed E-state index contributed by atoms with van der Waals surface area (Å²) in [6.45, 7) is 9.76. The van der Waals surface area contributed by atoms with Crippen molar-refractivity contribution in [2.75, 3.05) is 0 Å². The van der Waals surface area contributed by atoms with Gasteiger partial charge in [0, 0.05) is 15.7 Å². The number of ether oxygens (including phenoxy) is 1. The van der Waals surface area contributed by atoms with E-state index in [1.54, 1.807) is 13.8 Å². The Morgan fingerprint density at radius 3 is 2.53 bits per heavy atom. The van der Waals surface area contributed by atoms with Crippen molar-refractivity contribution in [3.63, 3.8) is 0 Å². The van der Waals surface area contributed by atoms with Crippen LogP contribution in [0.5, 0.6) is 0 Å². The summed E-state index contributed by atoms with van der Waals surface area (Å²) < 4.78 is 5.78. The highest BCUT2D eigenvalue weighted by Crippen LogP contribution is 2.63. The number of carbonyl (C=O) groups is 1. The van der Waals surface area contributed by atoms with Crippen LogP contribution in [0.4, 0.5) is 0 Å². The quantitative estimate of drug-likeness (QED) is 0.336. The van der Waals surface area contributed by atoms with Gasteiger partial charge in [-0.05, 0) is 44.6 Å². The summed E-state index contributed by atoms with van der Waals surface area (Å²) in [5.41, 5.74) is 7.47. The SMILES string of the molecule is CC(C)(N=[N+]=[N-])C(=O)OC1C2(C)CCC(C2)C1(C)C. The van der Waals surface area contributed by atoms with Gasteiger partial charge in [0.1, 0.15) is 11.6 Å². The van der Waals surface area contributed by atoms with Crippen LogP contribution in [-0.4, -0.2) is 17.6 Å². The normalized spacial score (nSPS) is 35.8. The zero-order chi connectivity index (χ0) is 14.5. The third-order valence-corrected chi connectivity index (χ3v) is 5.16. The van der Waals surface area contributed by atoms with Gasteiger partial charge in [-0.2, -0.15) is 0 Å². The molecule has 0 amide bonds. The van der Waals surface area contributed by atoms with Crippen LogP contribution in [0.15, 0.2) is 5.11 Å². The Morgan fingerprint density at radius 2 is 2.05 bits per heavy atom. The summed E-state index contributed by atoms with van der Waals surface area (Å²) in [5.74, 6) is 0.204. The molecule has 0 heterocycles. The number of carbonyl (C=O) groups excluding carboxylic acids is 1. The molecule has 2 aliphatic carbocycles. The molecule has 19 heavy (non-hydrogen) atoms. The summed E-state index contributed by atoms with van der Waals surface area (Å²) in [4.78, 5) is 15.0. The molecule has 3 unspecified atom stereocenters. The summed E-state index contributed by atoms with van der Waals surface area (Å²) in [6, 6.07) is 0. The minimum atomic E-state index is -1.14. The number of hydrogen-bond donors (Lipinski definition) is 0. The average molecular weight is 265 g/mol. The van der Waals surface area contributed by atoms with Gasteiger partial charge >= 0.3 is 5.97 Å². The lowest BCUT2D eigenvalue weighted by molar-refractivity contribution is -0.169. The lowest BCUT2D eigenvalue weighted by atomic mass is 9.70. The Kier molecular flexibility index (Phi) is 3.09. The minimum absolute atomic E-state index is 0.00903. The van der Waals surface area contributed by atoms with E-state index in [1.807, 2.05) is 0 Å². The van der Waals surface area contributed by atoms with Gasteiger partial charge < -0.3 is 4.74 Å². The third kappa shape index (κ3) is 2.10. The Morgan fingerprint density at radius 1 is 1.42 bits per heavy atom. The highest BCUT2D eigenvalue weighted by molar-refractivity contribution is 5.80. The van der Waals surface area contributed by atoms with Crippen LogP contribution in [0.2, 0.25) is 0 Å². The minimum Gasteiger partial charge on any atom is -0.461 e. The maximum atomic E-state index is 12.2. The van der Waals surface area contributed by atoms with Crippen molar-refractivity contribution in [2.24, 2.45) is 21.9 Å². The monoisotopic (exact) mass is 265 g/mol. The van der Waals surface area contributed by atoms with Crippen LogP contribution in [0.3, 0.4) is 0 Å². The van der Waals surface area contributed by atoms with Crippen molar-refractivity contribution in [2.45, 2.75) is 65.5 Å². The number of nitrogens with zero attached hydrogens (tertiary/aromatic N) is 3. The maximum absolute atomic E-state index is 12.2. The number of fused-ring (bicyclic) bond motifs is 2. The molecule has 106 valence electrons. The molecule has 0 aromatic heterocycles. The van der Waals surface area contributed by atoms with E-state index in [0.717, 1.165) is 12.8 Å². The fourth-order valence-corrected chi connectivity index (χ4v) is 3.95. The Hall–Kier alpha value is -1.22. The lowest BCUT2D eigenvalue weighted by Crippen LogP contribution is -2.46. The van der Waals surface area contributed by atoms with E-state index in [1.165, 1.54) is 6.42 Å². The molecule has 0 N–H and O–H groups in total. The smallest absolute Gasteiger partial charge is 0.317 e. The van der Waals surface area contributed by atoms with Crippen molar-refractivity contribution >= 4 is 5.97 Å². The van der Waals surface area contributed by atoms with Gasteiger partial charge in [0.25, 0.3) is 0 Å². The van der Waals surface area contributed by atoms with Crippen molar-refractivity contribution in [3.05, 3.63) is 10.4 Å². The molecule has 2 aliphatic rings. The largest absolute Gasteiger partial charge is 0.461 e. The highest BCUT2D eigenvalue weighted by Gasteiger charge is 2.61. The first kappa shape index (κ1) is 14.2. The molecule has 0 aromatic carbocycles. The van der Waals surface area contributed by atoms with Crippen LogP contribution in [-0.2, 0) is 9.53 Å². The maximum Gasteiger partial charge on any atom is 0.317 e. The molecule has 0 radical (unpaired) electrons. The molecule has 2 rings (SSSR count). The molecule has 2 bridgehead atoms. The third-order valence-electron chi connectivity index (χ3n) is 5.16. The van der Waals surface area contributed by atoms with Crippen molar-refractivity contribution < 1.29 is 9.53 Å². The summed E-state index contributed by atoms with van der Waals surface area (Å²) >= 11 is 0. The number of azide groups is 1. The van der Waals surface area contributed by atoms with E-state index >= 15 is 0 Å². The van der Waals surface area contributed by atoms with Crippen LogP contribution in [0.1, 0.15) is 53.9 Å². The van der Waals surface area contributed by atoms with Gasteiger partial charge in [-0.25, -0.2) is 0 Å². The first-order valence-electron chi connectivity index (χ1n) is 6.91. The predicted molar refractivity (Wildman–Crippen MR) is 72.3 cm³/mol. The molecule has 2 fully saturated rings. The molecular weight excluding hydrogens is 242 g/mol. The van der Waals surface area contributed by atoms with Crippen LogP contribution < -0.4 is 0 Å². The molecule has 3 atom stereocenters. The summed E-state index contributed by atoms with van der Waals surface area (Å²) in [6.07, 6.45) is 3.37. The van der Waals surface area contributed by atoms with Crippen molar-refractivity contribution in [1.29, 1.82) is 0 Å². The van der Waals surface area contributed by atoms with E-state index in [2.05, 4.69) is 30.8 Å². The standard InChI is InChI=1S/C14H23N3O2/c1-12(2)9-6-7-14(5,8-9)10(12)19-11(18)13(3,4)16-17-15/h9-10H,6-8H2,1-5H3. The van der Waals surface area contributed by atoms with Gasteiger partial charge in [-0.3, -0.25) is 4.79 Å². The molecular formula is C14H23N3O2.